The maximum atomic E-state index is 13.2. The molecule has 0 aliphatic heterocycles. The van der Waals surface area contributed by atoms with Crippen LogP contribution in [-0.2, 0) is 14.3 Å². The third kappa shape index (κ3) is 4.01. The van der Waals surface area contributed by atoms with Gasteiger partial charge in [-0.15, -0.1) is 0 Å². The number of hydrogen-bond donors (Lipinski definition) is 1. The van der Waals surface area contributed by atoms with Crippen LogP contribution >= 0.6 is 0 Å². The van der Waals surface area contributed by atoms with Crippen LogP contribution < -0.4 is 5.32 Å². The highest BCUT2D eigenvalue weighted by molar-refractivity contribution is 5.94. The van der Waals surface area contributed by atoms with E-state index in [4.69, 9.17) is 0 Å². The summed E-state index contributed by atoms with van der Waals surface area (Å²) in [6.07, 6.45) is 2.51. The lowest BCUT2D eigenvalue weighted by molar-refractivity contribution is -0.144. The van der Waals surface area contributed by atoms with E-state index in [1.807, 2.05) is 0 Å². The summed E-state index contributed by atoms with van der Waals surface area (Å²) < 4.78 is 17.7. The number of ether oxygens (including phenoxy) is 1. The van der Waals surface area contributed by atoms with Crippen molar-refractivity contribution in [2.24, 2.45) is 0 Å². The Morgan fingerprint density at radius 1 is 1.39 bits per heavy atom. The lowest BCUT2D eigenvalue weighted by atomic mass is 10.2. The van der Waals surface area contributed by atoms with E-state index in [-0.39, 0.29) is 0 Å². The van der Waals surface area contributed by atoms with Gasteiger partial charge >= 0.3 is 5.97 Å². The van der Waals surface area contributed by atoms with Crippen LogP contribution in [0, 0.1) is 5.82 Å². The van der Waals surface area contributed by atoms with E-state index >= 15 is 0 Å². The first kappa shape index (κ1) is 13.9. The van der Waals surface area contributed by atoms with Crippen molar-refractivity contribution >= 4 is 18.0 Å². The molecule has 1 aromatic carbocycles. The summed E-state index contributed by atoms with van der Waals surface area (Å²) in [4.78, 5) is 22.5. The van der Waals surface area contributed by atoms with E-state index in [1.165, 1.54) is 26.2 Å². The van der Waals surface area contributed by atoms with Gasteiger partial charge in [0.1, 0.15) is 11.9 Å². The SMILES string of the molecule is COC(=O)C(C)NC(=O)C=Cc1ccccc1F. The molecule has 5 heteroatoms. The summed E-state index contributed by atoms with van der Waals surface area (Å²) in [5.74, 6) is -1.44. The Bertz CT molecular complexity index is 471. The fourth-order valence-corrected chi connectivity index (χ4v) is 1.27. The van der Waals surface area contributed by atoms with Gasteiger partial charge in [0.15, 0.2) is 0 Å². The largest absolute Gasteiger partial charge is 0.467 e. The van der Waals surface area contributed by atoms with Gasteiger partial charge in [-0.25, -0.2) is 9.18 Å². The molecule has 1 unspecified atom stereocenters. The summed E-state index contributed by atoms with van der Waals surface area (Å²) >= 11 is 0. The van der Waals surface area contributed by atoms with Crippen molar-refractivity contribution < 1.29 is 18.7 Å². The molecule has 1 N–H and O–H groups in total. The van der Waals surface area contributed by atoms with Crippen molar-refractivity contribution in [1.82, 2.24) is 5.32 Å². The smallest absolute Gasteiger partial charge is 0.328 e. The summed E-state index contributed by atoms with van der Waals surface area (Å²) in [7, 11) is 1.24. The Morgan fingerprint density at radius 3 is 2.67 bits per heavy atom. The molecule has 0 aliphatic carbocycles. The van der Waals surface area contributed by atoms with Crippen molar-refractivity contribution in [2.75, 3.05) is 7.11 Å². The number of esters is 1. The van der Waals surface area contributed by atoms with E-state index in [9.17, 15) is 14.0 Å². The maximum Gasteiger partial charge on any atom is 0.328 e. The first-order valence-electron chi connectivity index (χ1n) is 5.35. The molecule has 18 heavy (non-hydrogen) atoms. The van der Waals surface area contributed by atoms with Crippen LogP contribution in [0.1, 0.15) is 12.5 Å². The number of carbonyl (C=O) groups is 2. The number of carbonyl (C=O) groups excluding carboxylic acids is 2. The summed E-state index contributed by atoms with van der Waals surface area (Å²) in [6.45, 7) is 1.50. The van der Waals surface area contributed by atoms with Gasteiger partial charge in [-0.2, -0.15) is 0 Å². The second-order valence-corrected chi connectivity index (χ2v) is 3.61. The molecular weight excluding hydrogens is 237 g/mol. The van der Waals surface area contributed by atoms with Crippen LogP contribution in [0.4, 0.5) is 4.39 Å². The van der Waals surface area contributed by atoms with E-state index in [1.54, 1.807) is 18.2 Å². The topological polar surface area (TPSA) is 55.4 Å². The van der Waals surface area contributed by atoms with Crippen molar-refractivity contribution in [3.63, 3.8) is 0 Å². The van der Waals surface area contributed by atoms with Gasteiger partial charge in [-0.3, -0.25) is 4.79 Å². The molecule has 1 rings (SSSR count). The zero-order valence-corrected chi connectivity index (χ0v) is 10.1. The highest BCUT2D eigenvalue weighted by Gasteiger charge is 2.13. The molecule has 1 amide bonds. The van der Waals surface area contributed by atoms with Gasteiger partial charge in [0.05, 0.1) is 7.11 Å². The highest BCUT2D eigenvalue weighted by atomic mass is 19.1. The van der Waals surface area contributed by atoms with E-state index in [0.717, 1.165) is 6.08 Å². The van der Waals surface area contributed by atoms with Gasteiger partial charge in [-0.1, -0.05) is 18.2 Å². The Kier molecular flexibility index (Phi) is 5.05. The molecule has 0 saturated heterocycles. The second-order valence-electron chi connectivity index (χ2n) is 3.61. The molecule has 0 bridgehead atoms. The molecule has 0 spiro atoms. The molecule has 0 aromatic heterocycles. The number of amides is 1. The third-order valence-electron chi connectivity index (χ3n) is 2.23. The van der Waals surface area contributed by atoms with Gasteiger partial charge < -0.3 is 10.1 Å². The predicted molar refractivity (Wildman–Crippen MR) is 65.1 cm³/mol. The average Bonchev–Trinajstić information content (AvgIpc) is 2.36. The fraction of sp³-hybridized carbons (Fsp3) is 0.231. The van der Waals surface area contributed by atoms with Crippen molar-refractivity contribution in [2.45, 2.75) is 13.0 Å². The Morgan fingerprint density at radius 2 is 2.06 bits per heavy atom. The van der Waals surface area contributed by atoms with Crippen LogP contribution in [-0.4, -0.2) is 25.0 Å². The Balaban J connectivity index is 2.60. The first-order valence-corrected chi connectivity index (χ1v) is 5.35. The van der Waals surface area contributed by atoms with Crippen LogP contribution in [0.2, 0.25) is 0 Å². The molecule has 0 heterocycles. The van der Waals surface area contributed by atoms with Gasteiger partial charge in [-0.05, 0) is 19.1 Å². The van der Waals surface area contributed by atoms with Crippen LogP contribution in [0.5, 0.6) is 0 Å². The standard InChI is InChI=1S/C13H14FNO3/c1-9(13(17)18-2)15-12(16)8-7-10-5-3-4-6-11(10)14/h3-9H,1-2H3,(H,15,16). The minimum atomic E-state index is -0.743. The number of halogens is 1. The van der Waals surface area contributed by atoms with Gasteiger partial charge in [0, 0.05) is 11.6 Å². The zero-order valence-electron chi connectivity index (χ0n) is 10.1. The number of rotatable bonds is 4. The van der Waals surface area contributed by atoms with E-state index in [0.29, 0.717) is 5.56 Å². The van der Waals surface area contributed by atoms with Crippen molar-refractivity contribution in [3.8, 4) is 0 Å². The predicted octanol–water partition coefficient (Wildman–Crippen LogP) is 1.52. The Labute approximate surface area is 104 Å². The quantitative estimate of drug-likeness (QED) is 0.652. The van der Waals surface area contributed by atoms with Crippen LogP contribution in [0.15, 0.2) is 30.3 Å². The van der Waals surface area contributed by atoms with Gasteiger partial charge in [0.25, 0.3) is 0 Å². The molecule has 1 atom stereocenters. The Hall–Kier alpha value is -2.17. The number of benzene rings is 1. The molecule has 0 aliphatic rings. The minimum absolute atomic E-state index is 0.304. The van der Waals surface area contributed by atoms with E-state index < -0.39 is 23.7 Å². The molecular formula is C13H14FNO3. The lowest BCUT2D eigenvalue weighted by Crippen LogP contribution is -2.38. The third-order valence-corrected chi connectivity index (χ3v) is 2.23. The summed E-state index contributed by atoms with van der Waals surface area (Å²) in [6, 6.07) is 5.33. The molecule has 0 fully saturated rings. The fourth-order valence-electron chi connectivity index (χ4n) is 1.27. The summed E-state index contributed by atoms with van der Waals surface area (Å²) in [5, 5.41) is 2.40. The average molecular weight is 251 g/mol. The van der Waals surface area contributed by atoms with Crippen molar-refractivity contribution in [1.29, 1.82) is 0 Å². The number of hydrogen-bond acceptors (Lipinski definition) is 3. The van der Waals surface area contributed by atoms with Crippen LogP contribution in [0.3, 0.4) is 0 Å². The van der Waals surface area contributed by atoms with E-state index in [2.05, 4.69) is 10.1 Å². The maximum absolute atomic E-state index is 13.2. The zero-order chi connectivity index (χ0) is 13.5. The molecule has 0 saturated carbocycles. The highest BCUT2D eigenvalue weighted by Crippen LogP contribution is 2.07. The normalized spacial score (nSPS) is 12.2. The monoisotopic (exact) mass is 251 g/mol. The van der Waals surface area contributed by atoms with Gasteiger partial charge in [0.2, 0.25) is 5.91 Å². The molecule has 4 nitrogen and oxygen atoms in total. The molecule has 96 valence electrons. The lowest BCUT2D eigenvalue weighted by Gasteiger charge is -2.09. The number of methoxy groups -OCH3 is 1. The van der Waals surface area contributed by atoms with Crippen molar-refractivity contribution in [3.05, 3.63) is 41.7 Å². The molecule has 1 aromatic rings. The summed E-state index contributed by atoms with van der Waals surface area (Å²) in [5.41, 5.74) is 0.304. The number of nitrogens with one attached hydrogen (secondary N) is 1. The molecule has 0 radical (unpaired) electrons. The minimum Gasteiger partial charge on any atom is -0.467 e. The van der Waals surface area contributed by atoms with Crippen LogP contribution in [0.25, 0.3) is 6.08 Å². The first-order chi connectivity index (χ1) is 8.54. The second kappa shape index (κ2) is 6.54.